The number of nitrogens with zero attached hydrogens (tertiary/aromatic N) is 1. The Kier molecular flexibility index (Phi) is 5.74. The molecule has 0 spiro atoms. The molecule has 150 valence electrons. The number of ether oxygens (including phenoxy) is 2. The van der Waals surface area contributed by atoms with Crippen molar-refractivity contribution < 1.29 is 14.3 Å². The number of thiazole rings is 1. The van der Waals surface area contributed by atoms with Crippen molar-refractivity contribution in [1.82, 2.24) is 4.98 Å². The average molecular weight is 429 g/mol. The number of fused-ring (bicyclic) bond motifs is 1. The van der Waals surface area contributed by atoms with Gasteiger partial charge in [-0.1, -0.05) is 41.4 Å². The summed E-state index contributed by atoms with van der Waals surface area (Å²) in [5, 5.41) is 4.24. The number of hydrogen-bond acceptors (Lipinski definition) is 5. The number of anilines is 1. The van der Waals surface area contributed by atoms with Gasteiger partial charge in [0.1, 0.15) is 0 Å². The van der Waals surface area contributed by atoms with Crippen LogP contribution in [0.4, 0.5) is 5.69 Å². The van der Waals surface area contributed by atoms with Crippen molar-refractivity contribution in [2.24, 2.45) is 0 Å². The summed E-state index contributed by atoms with van der Waals surface area (Å²) < 4.78 is 11.3. The number of amides is 1. The summed E-state index contributed by atoms with van der Waals surface area (Å²) in [6.45, 7) is 5.15. The molecule has 2 heterocycles. The zero-order valence-electron chi connectivity index (χ0n) is 16.3. The summed E-state index contributed by atoms with van der Waals surface area (Å²) in [5.74, 6) is 1.04. The lowest BCUT2D eigenvalue weighted by Gasteiger charge is -2.12. The van der Waals surface area contributed by atoms with Crippen LogP contribution < -0.4 is 14.8 Å². The van der Waals surface area contributed by atoms with Crippen LogP contribution in [0.3, 0.4) is 0 Å². The molecule has 0 aliphatic carbocycles. The SMILES string of the molecule is Cc1ccc(-c2nc(C)sc2CC(=O)Nc2cc3c(cc2Cl)OCCCO3)cc1. The van der Waals surface area contributed by atoms with E-state index in [4.69, 9.17) is 21.1 Å². The Labute approximate surface area is 178 Å². The molecule has 0 bridgehead atoms. The normalized spacial score (nSPS) is 13.1. The second-order valence-electron chi connectivity index (χ2n) is 6.92. The molecule has 1 amide bonds. The standard InChI is InChI=1S/C22H21ClN2O3S/c1-13-4-6-15(7-5-13)22-20(29-14(2)24-22)12-21(26)25-17-11-19-18(10-16(17)23)27-8-3-9-28-19/h4-7,10-11H,3,8-9,12H2,1-2H3,(H,25,26). The van der Waals surface area contributed by atoms with E-state index in [1.54, 1.807) is 12.1 Å². The van der Waals surface area contributed by atoms with Crippen LogP contribution in [0.15, 0.2) is 36.4 Å². The fourth-order valence-corrected chi connectivity index (χ4v) is 4.30. The molecule has 2 aromatic carbocycles. The molecule has 0 unspecified atom stereocenters. The first kappa shape index (κ1) is 19.7. The second kappa shape index (κ2) is 8.43. The van der Waals surface area contributed by atoms with E-state index in [-0.39, 0.29) is 12.3 Å². The third-order valence-electron chi connectivity index (χ3n) is 4.56. The molecule has 5 nitrogen and oxygen atoms in total. The lowest BCUT2D eigenvalue weighted by Crippen LogP contribution is -2.14. The molecule has 4 rings (SSSR count). The monoisotopic (exact) mass is 428 g/mol. The van der Waals surface area contributed by atoms with Crippen LogP contribution in [-0.4, -0.2) is 24.1 Å². The fourth-order valence-electron chi connectivity index (χ4n) is 3.15. The Morgan fingerprint density at radius 3 is 2.55 bits per heavy atom. The van der Waals surface area contributed by atoms with Crippen LogP contribution in [0.25, 0.3) is 11.3 Å². The van der Waals surface area contributed by atoms with E-state index >= 15 is 0 Å². The molecular weight excluding hydrogens is 408 g/mol. The van der Waals surface area contributed by atoms with E-state index in [1.165, 1.54) is 16.9 Å². The number of benzene rings is 2. The van der Waals surface area contributed by atoms with E-state index in [2.05, 4.69) is 10.3 Å². The maximum atomic E-state index is 12.8. The highest BCUT2D eigenvalue weighted by Crippen LogP contribution is 2.38. The lowest BCUT2D eigenvalue weighted by atomic mass is 10.1. The maximum Gasteiger partial charge on any atom is 0.229 e. The van der Waals surface area contributed by atoms with Gasteiger partial charge in [0.15, 0.2) is 11.5 Å². The number of halogens is 1. The fraction of sp³-hybridized carbons (Fsp3) is 0.273. The summed E-state index contributed by atoms with van der Waals surface area (Å²) in [6, 6.07) is 11.6. The Bertz CT molecular complexity index is 1050. The number of aromatic nitrogens is 1. The van der Waals surface area contributed by atoms with Gasteiger partial charge in [0.2, 0.25) is 5.91 Å². The van der Waals surface area contributed by atoms with Crippen LogP contribution in [0.2, 0.25) is 5.02 Å². The third kappa shape index (κ3) is 4.54. The third-order valence-corrected chi connectivity index (χ3v) is 5.85. The van der Waals surface area contributed by atoms with Gasteiger partial charge in [-0.05, 0) is 13.8 Å². The first-order valence-electron chi connectivity index (χ1n) is 9.42. The van der Waals surface area contributed by atoms with Gasteiger partial charge in [-0.3, -0.25) is 4.79 Å². The van der Waals surface area contributed by atoms with E-state index in [0.717, 1.165) is 27.6 Å². The zero-order chi connectivity index (χ0) is 20.4. The lowest BCUT2D eigenvalue weighted by molar-refractivity contribution is -0.115. The van der Waals surface area contributed by atoms with Crippen LogP contribution in [-0.2, 0) is 11.2 Å². The molecule has 0 atom stereocenters. The largest absolute Gasteiger partial charge is 0.490 e. The molecule has 3 aromatic rings. The van der Waals surface area contributed by atoms with Gasteiger partial charge in [-0.2, -0.15) is 0 Å². The molecule has 1 N–H and O–H groups in total. The van der Waals surface area contributed by atoms with Gasteiger partial charge in [0.05, 0.1) is 41.0 Å². The minimum absolute atomic E-state index is 0.154. The van der Waals surface area contributed by atoms with Crippen molar-refractivity contribution in [3.8, 4) is 22.8 Å². The Morgan fingerprint density at radius 1 is 1.14 bits per heavy atom. The smallest absolute Gasteiger partial charge is 0.229 e. The van der Waals surface area contributed by atoms with Crippen molar-refractivity contribution in [3.63, 3.8) is 0 Å². The number of carbonyl (C=O) groups excluding carboxylic acids is 1. The quantitative estimate of drug-likeness (QED) is 0.602. The van der Waals surface area contributed by atoms with Gasteiger partial charge in [0, 0.05) is 29.0 Å². The molecule has 7 heteroatoms. The van der Waals surface area contributed by atoms with Crippen molar-refractivity contribution in [3.05, 3.63) is 56.9 Å². The molecule has 0 saturated carbocycles. The Balaban J connectivity index is 1.54. The molecule has 1 aliphatic rings. The van der Waals surface area contributed by atoms with Gasteiger partial charge >= 0.3 is 0 Å². The van der Waals surface area contributed by atoms with Crippen molar-refractivity contribution in [1.29, 1.82) is 0 Å². The van der Waals surface area contributed by atoms with Gasteiger partial charge in [-0.25, -0.2) is 4.98 Å². The van der Waals surface area contributed by atoms with Crippen LogP contribution in [0.5, 0.6) is 11.5 Å². The summed E-state index contributed by atoms with van der Waals surface area (Å²) in [6.07, 6.45) is 1.03. The summed E-state index contributed by atoms with van der Waals surface area (Å²) in [4.78, 5) is 18.3. The molecule has 0 saturated heterocycles. The first-order chi connectivity index (χ1) is 14.0. The van der Waals surface area contributed by atoms with Crippen molar-refractivity contribution >= 4 is 34.5 Å². The van der Waals surface area contributed by atoms with Crippen molar-refractivity contribution in [2.45, 2.75) is 26.7 Å². The molecular formula is C22H21ClN2O3S. The van der Waals surface area contributed by atoms with E-state index in [1.807, 2.05) is 38.1 Å². The highest BCUT2D eigenvalue weighted by Gasteiger charge is 2.18. The zero-order valence-corrected chi connectivity index (χ0v) is 17.8. The molecule has 0 fully saturated rings. The van der Waals surface area contributed by atoms with Crippen LogP contribution in [0, 0.1) is 13.8 Å². The first-order valence-corrected chi connectivity index (χ1v) is 10.6. The number of nitrogens with one attached hydrogen (secondary N) is 1. The summed E-state index contributed by atoms with van der Waals surface area (Å²) in [7, 11) is 0. The van der Waals surface area contributed by atoms with Gasteiger partial charge < -0.3 is 14.8 Å². The second-order valence-corrected chi connectivity index (χ2v) is 8.62. The van der Waals surface area contributed by atoms with Crippen LogP contribution >= 0.6 is 22.9 Å². The molecule has 0 radical (unpaired) electrons. The van der Waals surface area contributed by atoms with E-state index < -0.39 is 0 Å². The van der Waals surface area contributed by atoms with Gasteiger partial charge in [-0.15, -0.1) is 11.3 Å². The predicted molar refractivity (Wildman–Crippen MR) is 116 cm³/mol. The predicted octanol–water partition coefficient (Wildman–Crippen LogP) is 5.42. The molecule has 1 aromatic heterocycles. The maximum absolute atomic E-state index is 12.8. The summed E-state index contributed by atoms with van der Waals surface area (Å²) >= 11 is 7.88. The number of rotatable bonds is 4. The Morgan fingerprint density at radius 2 is 1.83 bits per heavy atom. The molecule has 1 aliphatic heterocycles. The van der Waals surface area contributed by atoms with E-state index in [9.17, 15) is 4.79 Å². The highest BCUT2D eigenvalue weighted by molar-refractivity contribution is 7.12. The summed E-state index contributed by atoms with van der Waals surface area (Å²) in [5.41, 5.74) is 3.56. The average Bonchev–Trinajstić information content (AvgIpc) is 2.89. The Hall–Kier alpha value is -2.57. The molecule has 29 heavy (non-hydrogen) atoms. The topological polar surface area (TPSA) is 60.5 Å². The van der Waals surface area contributed by atoms with Gasteiger partial charge in [0.25, 0.3) is 0 Å². The number of carbonyl (C=O) groups is 1. The van der Waals surface area contributed by atoms with E-state index in [0.29, 0.717) is 35.4 Å². The highest BCUT2D eigenvalue weighted by atomic mass is 35.5. The number of hydrogen-bond donors (Lipinski definition) is 1. The number of aryl methyl sites for hydroxylation is 2. The van der Waals surface area contributed by atoms with Crippen LogP contribution in [0.1, 0.15) is 21.9 Å². The van der Waals surface area contributed by atoms with Crippen molar-refractivity contribution in [2.75, 3.05) is 18.5 Å². The minimum atomic E-state index is -0.154. The minimum Gasteiger partial charge on any atom is -0.490 e.